The van der Waals surface area contributed by atoms with E-state index in [0.29, 0.717) is 48.5 Å². The van der Waals surface area contributed by atoms with E-state index in [1.165, 1.54) is 0 Å². The van der Waals surface area contributed by atoms with E-state index in [1.54, 1.807) is 18.1 Å². The molecule has 166 valence electrons. The molecule has 1 atom stereocenters. The van der Waals surface area contributed by atoms with Crippen LogP contribution in [-0.4, -0.2) is 37.7 Å². The lowest BCUT2D eigenvalue weighted by Crippen LogP contribution is -2.31. The van der Waals surface area contributed by atoms with Gasteiger partial charge in [-0.25, -0.2) is 0 Å². The Kier molecular flexibility index (Phi) is 6.15. The van der Waals surface area contributed by atoms with Crippen LogP contribution >= 0.6 is 0 Å². The number of carbonyl (C=O) groups excluding carboxylic acids is 1. The second kappa shape index (κ2) is 9.01. The number of methoxy groups -OCH3 is 1. The molecule has 1 aliphatic heterocycles. The second-order valence-corrected chi connectivity index (χ2v) is 8.05. The summed E-state index contributed by atoms with van der Waals surface area (Å²) < 4.78 is 17.0. The van der Waals surface area contributed by atoms with Crippen molar-refractivity contribution in [3.8, 4) is 5.75 Å². The SMILES string of the molecule is C=CCOc1cccc(C2c3c(oc4c(C)cc(C)cc4c3=O)C(=O)N2CCCOC)c1. The molecule has 32 heavy (non-hydrogen) atoms. The summed E-state index contributed by atoms with van der Waals surface area (Å²) in [6.45, 7) is 8.83. The topological polar surface area (TPSA) is 69.0 Å². The minimum Gasteiger partial charge on any atom is -0.490 e. The first-order valence-electron chi connectivity index (χ1n) is 10.7. The van der Waals surface area contributed by atoms with Gasteiger partial charge in [0.05, 0.1) is 17.0 Å². The smallest absolute Gasteiger partial charge is 0.290 e. The van der Waals surface area contributed by atoms with Gasteiger partial charge in [-0.1, -0.05) is 30.9 Å². The minimum atomic E-state index is -0.553. The number of aryl methyl sites for hydroxylation is 2. The van der Waals surface area contributed by atoms with Gasteiger partial charge in [0.15, 0.2) is 5.43 Å². The summed E-state index contributed by atoms with van der Waals surface area (Å²) in [6, 6.07) is 10.7. The van der Waals surface area contributed by atoms with E-state index in [1.807, 2.05) is 50.2 Å². The first-order valence-corrected chi connectivity index (χ1v) is 10.7. The van der Waals surface area contributed by atoms with Crippen LogP contribution in [0.2, 0.25) is 0 Å². The van der Waals surface area contributed by atoms with Gasteiger partial charge in [0.25, 0.3) is 5.91 Å². The van der Waals surface area contributed by atoms with E-state index in [2.05, 4.69) is 6.58 Å². The van der Waals surface area contributed by atoms with Crippen molar-refractivity contribution in [3.05, 3.63) is 87.3 Å². The largest absolute Gasteiger partial charge is 0.490 e. The maximum atomic E-state index is 13.7. The van der Waals surface area contributed by atoms with E-state index in [-0.39, 0.29) is 17.1 Å². The number of nitrogens with zero attached hydrogens (tertiary/aromatic N) is 1. The number of carbonyl (C=O) groups is 1. The summed E-state index contributed by atoms with van der Waals surface area (Å²) in [5.74, 6) is 0.490. The van der Waals surface area contributed by atoms with Gasteiger partial charge in [-0.05, 0) is 55.2 Å². The van der Waals surface area contributed by atoms with Crippen molar-refractivity contribution in [1.29, 1.82) is 0 Å². The highest BCUT2D eigenvalue weighted by Gasteiger charge is 2.42. The zero-order valence-electron chi connectivity index (χ0n) is 18.6. The van der Waals surface area contributed by atoms with Gasteiger partial charge in [-0.3, -0.25) is 9.59 Å². The predicted octanol–water partition coefficient (Wildman–Crippen LogP) is 4.56. The Morgan fingerprint density at radius 1 is 1.19 bits per heavy atom. The van der Waals surface area contributed by atoms with Gasteiger partial charge in [-0.15, -0.1) is 0 Å². The molecule has 0 bridgehead atoms. The fourth-order valence-corrected chi connectivity index (χ4v) is 4.36. The summed E-state index contributed by atoms with van der Waals surface area (Å²) >= 11 is 0. The number of hydrogen-bond donors (Lipinski definition) is 0. The van der Waals surface area contributed by atoms with Crippen LogP contribution in [0, 0.1) is 13.8 Å². The third kappa shape index (κ3) is 3.82. The fourth-order valence-electron chi connectivity index (χ4n) is 4.36. The minimum absolute atomic E-state index is 0.120. The van der Waals surface area contributed by atoms with E-state index >= 15 is 0 Å². The normalized spacial score (nSPS) is 15.3. The van der Waals surface area contributed by atoms with E-state index in [0.717, 1.165) is 16.7 Å². The van der Waals surface area contributed by atoms with Crippen LogP contribution in [0.3, 0.4) is 0 Å². The Morgan fingerprint density at radius 3 is 2.75 bits per heavy atom. The van der Waals surface area contributed by atoms with Crippen molar-refractivity contribution in [3.63, 3.8) is 0 Å². The molecule has 2 aromatic carbocycles. The van der Waals surface area contributed by atoms with Gasteiger partial charge in [0, 0.05) is 20.3 Å². The summed E-state index contributed by atoms with van der Waals surface area (Å²) in [5.41, 5.74) is 3.28. The summed E-state index contributed by atoms with van der Waals surface area (Å²) in [7, 11) is 1.63. The molecule has 1 unspecified atom stereocenters. The quantitative estimate of drug-likeness (QED) is 0.385. The molecular weight excluding hydrogens is 406 g/mol. The summed E-state index contributed by atoms with van der Waals surface area (Å²) in [5, 5.41) is 0.497. The molecule has 6 nitrogen and oxygen atoms in total. The van der Waals surface area contributed by atoms with Crippen LogP contribution in [0.25, 0.3) is 11.0 Å². The van der Waals surface area contributed by atoms with Crippen LogP contribution in [0.5, 0.6) is 5.75 Å². The van der Waals surface area contributed by atoms with Gasteiger partial charge in [0.2, 0.25) is 5.76 Å². The molecule has 2 heterocycles. The van der Waals surface area contributed by atoms with Crippen LogP contribution in [0.4, 0.5) is 0 Å². The van der Waals surface area contributed by atoms with E-state index in [9.17, 15) is 9.59 Å². The van der Waals surface area contributed by atoms with Gasteiger partial charge >= 0.3 is 0 Å². The number of fused-ring (bicyclic) bond motifs is 2. The maximum absolute atomic E-state index is 13.7. The van der Waals surface area contributed by atoms with Crippen LogP contribution in [-0.2, 0) is 4.74 Å². The Morgan fingerprint density at radius 2 is 2.00 bits per heavy atom. The molecule has 0 saturated carbocycles. The molecule has 4 rings (SSSR count). The molecule has 0 aliphatic carbocycles. The van der Waals surface area contributed by atoms with Crippen molar-refractivity contribution >= 4 is 16.9 Å². The highest BCUT2D eigenvalue weighted by atomic mass is 16.5. The summed E-state index contributed by atoms with van der Waals surface area (Å²) in [4.78, 5) is 28.8. The van der Waals surface area contributed by atoms with Crippen LogP contribution in [0.15, 0.2) is 58.3 Å². The lowest BCUT2D eigenvalue weighted by molar-refractivity contribution is 0.0707. The first-order chi connectivity index (χ1) is 15.5. The zero-order chi connectivity index (χ0) is 22.8. The lowest BCUT2D eigenvalue weighted by Gasteiger charge is -2.25. The number of hydrogen-bond acceptors (Lipinski definition) is 5. The highest BCUT2D eigenvalue weighted by molar-refractivity contribution is 5.99. The molecule has 0 radical (unpaired) electrons. The lowest BCUT2D eigenvalue weighted by atomic mass is 9.97. The predicted molar refractivity (Wildman–Crippen MR) is 123 cm³/mol. The van der Waals surface area contributed by atoms with Crippen molar-refractivity contribution in [1.82, 2.24) is 4.90 Å². The van der Waals surface area contributed by atoms with Crippen LogP contribution in [0.1, 0.15) is 45.3 Å². The second-order valence-electron chi connectivity index (χ2n) is 8.05. The number of ether oxygens (including phenoxy) is 2. The molecule has 1 aliphatic rings. The molecule has 1 aromatic heterocycles. The molecule has 0 fully saturated rings. The van der Waals surface area contributed by atoms with Crippen molar-refractivity contribution in [2.24, 2.45) is 0 Å². The fraction of sp³-hybridized carbons (Fsp3) is 0.308. The monoisotopic (exact) mass is 433 g/mol. The first kappa shape index (κ1) is 21.8. The van der Waals surface area contributed by atoms with Crippen LogP contribution < -0.4 is 10.2 Å². The van der Waals surface area contributed by atoms with E-state index in [4.69, 9.17) is 13.9 Å². The number of amides is 1. The average Bonchev–Trinajstić information content (AvgIpc) is 3.06. The third-order valence-corrected chi connectivity index (χ3v) is 5.69. The van der Waals surface area contributed by atoms with Gasteiger partial charge in [0.1, 0.15) is 17.9 Å². The summed E-state index contributed by atoms with van der Waals surface area (Å²) in [6.07, 6.45) is 2.31. The number of benzene rings is 2. The Labute approximate surface area is 187 Å². The Bertz CT molecular complexity index is 1240. The molecular formula is C26H27NO5. The molecule has 0 N–H and O–H groups in total. The third-order valence-electron chi connectivity index (χ3n) is 5.69. The maximum Gasteiger partial charge on any atom is 0.290 e. The molecule has 1 amide bonds. The standard InChI is InChI=1S/C26H27NO5/c1-5-11-31-19-9-6-8-18(15-19)22-21-23(28)20-14-16(2)13-17(3)24(20)32-25(21)26(29)27(22)10-7-12-30-4/h5-6,8-9,13-15,22H,1,7,10-12H2,2-4H3. The van der Waals surface area contributed by atoms with E-state index < -0.39 is 6.04 Å². The van der Waals surface area contributed by atoms with Crippen molar-refractivity contribution in [2.45, 2.75) is 26.3 Å². The average molecular weight is 434 g/mol. The zero-order valence-corrected chi connectivity index (χ0v) is 18.6. The molecule has 6 heteroatoms. The number of rotatable bonds is 8. The van der Waals surface area contributed by atoms with Crippen molar-refractivity contribution in [2.75, 3.05) is 26.9 Å². The highest BCUT2D eigenvalue weighted by Crippen LogP contribution is 2.39. The molecule has 3 aromatic rings. The van der Waals surface area contributed by atoms with Gasteiger partial charge in [-0.2, -0.15) is 0 Å². The molecule has 0 saturated heterocycles. The van der Waals surface area contributed by atoms with Gasteiger partial charge < -0.3 is 18.8 Å². The Hall–Kier alpha value is -3.38. The Balaban J connectivity index is 1.91. The molecule has 0 spiro atoms. The van der Waals surface area contributed by atoms with Crippen molar-refractivity contribution < 1.29 is 18.7 Å².